The molecule has 1 saturated heterocycles. The number of carboxylic acid groups (broad SMARTS) is 1. The molecule has 1 saturated carbocycles. The quantitative estimate of drug-likeness (QED) is 0.585. The number of aliphatic hydroxyl groups is 1. The first-order chi connectivity index (χ1) is 7.25. The highest BCUT2D eigenvalue weighted by Gasteiger charge is 2.44. The van der Waals surface area contributed by atoms with Gasteiger partial charge in [-0.3, -0.25) is 0 Å². The number of halogens is 3. The van der Waals surface area contributed by atoms with E-state index in [1.165, 1.54) is 6.42 Å². The molecule has 0 aromatic rings. The van der Waals surface area contributed by atoms with E-state index in [4.69, 9.17) is 15.0 Å². The second kappa shape index (κ2) is 4.58. The van der Waals surface area contributed by atoms with Crippen LogP contribution in [0.5, 0.6) is 0 Å². The molecule has 1 heterocycles. The van der Waals surface area contributed by atoms with Gasteiger partial charge in [0.05, 0.1) is 6.10 Å². The van der Waals surface area contributed by atoms with Gasteiger partial charge in [-0.1, -0.05) is 0 Å². The van der Waals surface area contributed by atoms with E-state index in [1.54, 1.807) is 0 Å². The van der Waals surface area contributed by atoms with Gasteiger partial charge in [0.1, 0.15) is 0 Å². The number of rotatable bonds is 0. The van der Waals surface area contributed by atoms with Crippen molar-refractivity contribution in [3.63, 3.8) is 0 Å². The molecule has 2 aliphatic rings. The van der Waals surface area contributed by atoms with Crippen molar-refractivity contribution in [2.75, 3.05) is 13.1 Å². The van der Waals surface area contributed by atoms with Gasteiger partial charge in [-0.2, -0.15) is 13.2 Å². The van der Waals surface area contributed by atoms with Crippen LogP contribution in [0.4, 0.5) is 13.2 Å². The summed E-state index contributed by atoms with van der Waals surface area (Å²) in [4.78, 5) is 8.90. The summed E-state index contributed by atoms with van der Waals surface area (Å²) in [5, 5.41) is 19.5. The molecule has 1 aliphatic carbocycles. The van der Waals surface area contributed by atoms with E-state index in [-0.39, 0.29) is 6.10 Å². The molecule has 16 heavy (non-hydrogen) atoms. The lowest BCUT2D eigenvalue weighted by Crippen LogP contribution is -2.42. The van der Waals surface area contributed by atoms with E-state index < -0.39 is 12.1 Å². The van der Waals surface area contributed by atoms with E-state index in [0.717, 1.165) is 25.9 Å². The number of hydrogen-bond donors (Lipinski definition) is 3. The van der Waals surface area contributed by atoms with Crippen LogP contribution in [0.1, 0.15) is 19.3 Å². The number of hydrogen-bond acceptors (Lipinski definition) is 3. The standard InChI is InChI=1S/C7H13NO.C2HF3O2/c9-6-3-7(4-6)1-2-8-5-7;3-2(4,5)1(6)7/h6,8-9H,1-5H2;(H,6,7). The zero-order valence-corrected chi connectivity index (χ0v) is 8.55. The fourth-order valence-corrected chi connectivity index (χ4v) is 2.08. The summed E-state index contributed by atoms with van der Waals surface area (Å²) in [5.74, 6) is -2.76. The van der Waals surface area contributed by atoms with Crippen molar-refractivity contribution in [3.05, 3.63) is 0 Å². The number of alkyl halides is 3. The van der Waals surface area contributed by atoms with Crippen LogP contribution in [0.2, 0.25) is 0 Å². The first-order valence-electron chi connectivity index (χ1n) is 4.94. The van der Waals surface area contributed by atoms with E-state index in [0.29, 0.717) is 5.41 Å². The molecular formula is C9H14F3NO3. The number of nitrogens with one attached hydrogen (secondary N) is 1. The SMILES string of the molecule is O=C(O)C(F)(F)F.OC1CC2(CCNC2)C1. The fourth-order valence-electron chi connectivity index (χ4n) is 2.08. The van der Waals surface area contributed by atoms with Crippen molar-refractivity contribution < 1.29 is 28.2 Å². The summed E-state index contributed by atoms with van der Waals surface area (Å²) in [5.41, 5.74) is 0.527. The van der Waals surface area contributed by atoms with E-state index in [2.05, 4.69) is 5.32 Å². The minimum Gasteiger partial charge on any atom is -0.475 e. The average Bonchev–Trinajstić information content (AvgIpc) is 2.51. The Morgan fingerprint density at radius 3 is 2.12 bits per heavy atom. The van der Waals surface area contributed by atoms with Crippen LogP contribution in [-0.2, 0) is 4.79 Å². The van der Waals surface area contributed by atoms with Crippen LogP contribution in [-0.4, -0.2) is 41.6 Å². The zero-order chi connectivity index (χ0) is 12.4. The maximum atomic E-state index is 10.6. The minimum absolute atomic E-state index is 0.0184. The molecule has 0 aromatic carbocycles. The van der Waals surface area contributed by atoms with Crippen molar-refractivity contribution in [3.8, 4) is 0 Å². The summed E-state index contributed by atoms with van der Waals surface area (Å²) < 4.78 is 31.7. The van der Waals surface area contributed by atoms with Crippen LogP contribution in [0.25, 0.3) is 0 Å². The predicted octanol–water partition coefficient (Wildman–Crippen LogP) is 0.754. The van der Waals surface area contributed by atoms with Crippen molar-refractivity contribution in [2.45, 2.75) is 31.5 Å². The van der Waals surface area contributed by atoms with E-state index in [9.17, 15) is 13.2 Å². The van der Waals surface area contributed by atoms with Crippen LogP contribution < -0.4 is 5.32 Å². The van der Waals surface area contributed by atoms with Crippen molar-refractivity contribution in [1.29, 1.82) is 0 Å². The average molecular weight is 241 g/mol. The molecule has 0 aromatic heterocycles. The van der Waals surface area contributed by atoms with Crippen molar-refractivity contribution >= 4 is 5.97 Å². The van der Waals surface area contributed by atoms with Crippen LogP contribution >= 0.6 is 0 Å². The van der Waals surface area contributed by atoms with Gasteiger partial charge in [-0.05, 0) is 31.2 Å². The van der Waals surface area contributed by atoms with Gasteiger partial charge in [0.2, 0.25) is 0 Å². The topological polar surface area (TPSA) is 69.6 Å². The highest BCUT2D eigenvalue weighted by Crippen LogP contribution is 2.45. The smallest absolute Gasteiger partial charge is 0.475 e. The first-order valence-corrected chi connectivity index (χ1v) is 4.94. The maximum absolute atomic E-state index is 10.6. The number of carboxylic acids is 1. The molecule has 0 radical (unpaired) electrons. The van der Waals surface area contributed by atoms with Gasteiger partial charge in [-0.15, -0.1) is 0 Å². The number of aliphatic hydroxyl groups excluding tert-OH is 1. The Morgan fingerprint density at radius 2 is 1.88 bits per heavy atom. The number of aliphatic carboxylic acids is 1. The highest BCUT2D eigenvalue weighted by molar-refractivity contribution is 5.73. The van der Waals surface area contributed by atoms with Crippen LogP contribution in [0.15, 0.2) is 0 Å². The third kappa shape index (κ3) is 3.34. The third-order valence-corrected chi connectivity index (χ3v) is 2.91. The number of carbonyl (C=O) groups is 1. The summed E-state index contributed by atoms with van der Waals surface area (Å²) in [6.07, 6.45) is -1.70. The molecular weight excluding hydrogens is 227 g/mol. The Hall–Kier alpha value is -0.820. The lowest BCUT2D eigenvalue weighted by Gasteiger charge is -2.41. The van der Waals surface area contributed by atoms with Crippen molar-refractivity contribution in [1.82, 2.24) is 5.32 Å². The normalized spacial score (nSPS) is 32.9. The lowest BCUT2D eigenvalue weighted by atomic mass is 9.66. The Balaban J connectivity index is 0.000000168. The second-order valence-electron chi connectivity index (χ2n) is 4.29. The first kappa shape index (κ1) is 13.2. The lowest BCUT2D eigenvalue weighted by molar-refractivity contribution is -0.192. The summed E-state index contributed by atoms with van der Waals surface area (Å²) >= 11 is 0. The maximum Gasteiger partial charge on any atom is 0.490 e. The molecule has 1 spiro atoms. The van der Waals surface area contributed by atoms with Gasteiger partial charge in [0.15, 0.2) is 0 Å². The van der Waals surface area contributed by atoms with Crippen molar-refractivity contribution in [2.24, 2.45) is 5.41 Å². The van der Waals surface area contributed by atoms with E-state index in [1.807, 2.05) is 0 Å². The Morgan fingerprint density at radius 1 is 1.38 bits per heavy atom. The summed E-state index contributed by atoms with van der Waals surface area (Å²) in [7, 11) is 0. The van der Waals surface area contributed by atoms with Gasteiger partial charge in [0.25, 0.3) is 0 Å². The van der Waals surface area contributed by atoms with Gasteiger partial charge < -0.3 is 15.5 Å². The Bertz CT molecular complexity index is 253. The molecule has 0 atom stereocenters. The summed E-state index contributed by atoms with van der Waals surface area (Å²) in [6.45, 7) is 2.30. The minimum atomic E-state index is -5.08. The molecule has 0 amide bonds. The van der Waals surface area contributed by atoms with Gasteiger partial charge in [0, 0.05) is 6.54 Å². The van der Waals surface area contributed by atoms with E-state index >= 15 is 0 Å². The Kier molecular flexibility index (Phi) is 3.80. The third-order valence-electron chi connectivity index (χ3n) is 2.91. The predicted molar refractivity (Wildman–Crippen MR) is 48.9 cm³/mol. The van der Waals surface area contributed by atoms with Gasteiger partial charge >= 0.3 is 12.1 Å². The molecule has 0 bridgehead atoms. The van der Waals surface area contributed by atoms with Gasteiger partial charge in [-0.25, -0.2) is 4.79 Å². The molecule has 1 aliphatic heterocycles. The Labute approximate surface area is 90.4 Å². The molecule has 2 fully saturated rings. The monoisotopic (exact) mass is 241 g/mol. The van der Waals surface area contributed by atoms with Crippen LogP contribution in [0.3, 0.4) is 0 Å². The molecule has 3 N–H and O–H groups in total. The largest absolute Gasteiger partial charge is 0.490 e. The second-order valence-corrected chi connectivity index (χ2v) is 4.29. The molecule has 94 valence electrons. The fraction of sp³-hybridized carbons (Fsp3) is 0.889. The molecule has 7 heteroatoms. The molecule has 2 rings (SSSR count). The highest BCUT2D eigenvalue weighted by atomic mass is 19.4. The molecule has 4 nitrogen and oxygen atoms in total. The zero-order valence-electron chi connectivity index (χ0n) is 8.55. The summed E-state index contributed by atoms with van der Waals surface area (Å²) in [6, 6.07) is 0. The van der Waals surface area contributed by atoms with Crippen LogP contribution in [0, 0.1) is 5.41 Å². The molecule has 0 unspecified atom stereocenters.